The van der Waals surface area contributed by atoms with Gasteiger partial charge in [-0.15, -0.1) is 11.3 Å². The number of rotatable bonds is 5. The van der Waals surface area contributed by atoms with Gasteiger partial charge in [-0.1, -0.05) is 0 Å². The standard InChI is InChI=1S/C10H14N2O4S2/c1-6(5-18(2)16)11-10(15)12-8-7(9(13)14)3-4-17-8/h3-4,6H,5H2,1-2H3,(H,13,14)(H2,11,12,15). The Balaban J connectivity index is 2.57. The van der Waals surface area contributed by atoms with Crippen molar-refractivity contribution in [1.29, 1.82) is 0 Å². The summed E-state index contributed by atoms with van der Waals surface area (Å²) in [7, 11) is -0.997. The molecule has 8 heteroatoms. The van der Waals surface area contributed by atoms with E-state index in [0.29, 0.717) is 5.75 Å². The summed E-state index contributed by atoms with van der Waals surface area (Å²) in [5.74, 6) is -0.738. The van der Waals surface area contributed by atoms with Gasteiger partial charge in [0.2, 0.25) is 0 Å². The molecule has 100 valence electrons. The van der Waals surface area contributed by atoms with Gasteiger partial charge in [0.15, 0.2) is 0 Å². The third-order valence-electron chi connectivity index (χ3n) is 1.98. The Morgan fingerprint density at radius 2 is 2.22 bits per heavy atom. The second kappa shape index (κ2) is 6.50. The smallest absolute Gasteiger partial charge is 0.338 e. The monoisotopic (exact) mass is 290 g/mol. The highest BCUT2D eigenvalue weighted by Crippen LogP contribution is 2.22. The molecule has 3 N–H and O–H groups in total. The summed E-state index contributed by atoms with van der Waals surface area (Å²) in [6.07, 6.45) is 1.55. The molecule has 0 fully saturated rings. The zero-order valence-corrected chi connectivity index (χ0v) is 11.6. The van der Waals surface area contributed by atoms with E-state index in [0.717, 1.165) is 11.3 Å². The number of carbonyl (C=O) groups excluding carboxylic acids is 1. The van der Waals surface area contributed by atoms with Crippen LogP contribution in [0.25, 0.3) is 0 Å². The topological polar surface area (TPSA) is 95.5 Å². The molecule has 18 heavy (non-hydrogen) atoms. The molecule has 0 aliphatic heterocycles. The molecular formula is C10H14N2O4S2. The van der Waals surface area contributed by atoms with Crippen molar-refractivity contribution < 1.29 is 18.9 Å². The van der Waals surface area contributed by atoms with Crippen molar-refractivity contribution in [1.82, 2.24) is 5.32 Å². The number of amides is 2. The predicted octanol–water partition coefficient (Wildman–Crippen LogP) is 1.33. The van der Waals surface area contributed by atoms with Crippen molar-refractivity contribution >= 4 is 39.1 Å². The number of urea groups is 1. The molecule has 0 aromatic carbocycles. The highest BCUT2D eigenvalue weighted by Gasteiger charge is 2.15. The van der Waals surface area contributed by atoms with Crippen molar-refractivity contribution in [3.8, 4) is 0 Å². The van der Waals surface area contributed by atoms with Gasteiger partial charge in [0.1, 0.15) is 5.00 Å². The van der Waals surface area contributed by atoms with E-state index in [4.69, 9.17) is 5.11 Å². The summed E-state index contributed by atoms with van der Waals surface area (Å²) in [6, 6.07) is 0.676. The van der Waals surface area contributed by atoms with E-state index < -0.39 is 22.8 Å². The van der Waals surface area contributed by atoms with E-state index in [1.807, 2.05) is 0 Å². The molecule has 0 saturated carbocycles. The van der Waals surface area contributed by atoms with Crippen molar-refractivity contribution in [2.45, 2.75) is 13.0 Å². The molecule has 6 nitrogen and oxygen atoms in total. The Labute approximate surface area is 111 Å². The van der Waals surface area contributed by atoms with Crippen LogP contribution in [0.3, 0.4) is 0 Å². The lowest BCUT2D eigenvalue weighted by Crippen LogP contribution is -2.39. The van der Waals surface area contributed by atoms with E-state index in [2.05, 4.69) is 10.6 Å². The summed E-state index contributed by atoms with van der Waals surface area (Å²) >= 11 is 1.13. The van der Waals surface area contributed by atoms with Gasteiger partial charge >= 0.3 is 12.0 Å². The van der Waals surface area contributed by atoms with Crippen molar-refractivity contribution in [2.24, 2.45) is 0 Å². The van der Waals surface area contributed by atoms with Crippen LogP contribution in [-0.4, -0.2) is 39.4 Å². The van der Waals surface area contributed by atoms with Gasteiger partial charge in [-0.2, -0.15) is 0 Å². The minimum Gasteiger partial charge on any atom is -0.478 e. The van der Waals surface area contributed by atoms with Gasteiger partial charge in [0.05, 0.1) is 5.56 Å². The van der Waals surface area contributed by atoms with Gasteiger partial charge in [0.25, 0.3) is 0 Å². The number of hydrogen-bond acceptors (Lipinski definition) is 4. The molecule has 1 heterocycles. The maximum absolute atomic E-state index is 11.6. The van der Waals surface area contributed by atoms with Crippen LogP contribution in [0.1, 0.15) is 17.3 Å². The number of thiophene rings is 1. The quantitative estimate of drug-likeness (QED) is 0.762. The Morgan fingerprint density at radius 1 is 1.56 bits per heavy atom. The van der Waals surface area contributed by atoms with E-state index in [1.165, 1.54) is 6.07 Å². The molecule has 2 amide bonds. The average Bonchev–Trinajstić information content (AvgIpc) is 2.63. The van der Waals surface area contributed by atoms with E-state index in [1.54, 1.807) is 18.6 Å². The molecule has 0 spiro atoms. The van der Waals surface area contributed by atoms with Gasteiger partial charge in [-0.05, 0) is 18.4 Å². The summed E-state index contributed by atoms with van der Waals surface area (Å²) in [5, 5.41) is 15.8. The molecule has 0 bridgehead atoms. The predicted molar refractivity (Wildman–Crippen MR) is 71.8 cm³/mol. The van der Waals surface area contributed by atoms with Crippen LogP contribution in [0, 0.1) is 0 Å². The Bertz CT molecular complexity index is 472. The van der Waals surface area contributed by atoms with Gasteiger partial charge < -0.3 is 10.4 Å². The molecule has 0 aliphatic carbocycles. The molecule has 0 saturated heterocycles. The molecule has 0 radical (unpaired) electrons. The zero-order valence-electron chi connectivity index (χ0n) is 9.93. The van der Waals surface area contributed by atoms with E-state index in [-0.39, 0.29) is 16.6 Å². The minimum absolute atomic E-state index is 0.0573. The Kier molecular flexibility index (Phi) is 5.29. The van der Waals surface area contributed by atoms with Gasteiger partial charge in [-0.3, -0.25) is 9.53 Å². The summed E-state index contributed by atoms with van der Waals surface area (Å²) in [6.45, 7) is 1.73. The molecule has 0 aliphatic rings. The maximum Gasteiger partial charge on any atom is 0.338 e. The summed E-state index contributed by atoms with van der Waals surface area (Å²) in [4.78, 5) is 22.4. The fourth-order valence-corrected chi connectivity index (χ4v) is 2.89. The van der Waals surface area contributed by atoms with Crippen LogP contribution in [0.2, 0.25) is 0 Å². The summed E-state index contributed by atoms with van der Waals surface area (Å²) < 4.78 is 11.0. The van der Waals surface area contributed by atoms with Crippen LogP contribution >= 0.6 is 11.3 Å². The number of carboxylic acid groups (broad SMARTS) is 1. The SMILES string of the molecule is CC(CS(C)=O)NC(=O)Nc1sccc1C(=O)O. The molecule has 2 unspecified atom stereocenters. The maximum atomic E-state index is 11.6. The Hall–Kier alpha value is -1.41. The second-order valence-electron chi connectivity index (χ2n) is 3.71. The van der Waals surface area contributed by atoms with Crippen LogP contribution in [-0.2, 0) is 10.8 Å². The van der Waals surface area contributed by atoms with E-state index >= 15 is 0 Å². The lowest BCUT2D eigenvalue weighted by Gasteiger charge is -2.12. The first-order valence-electron chi connectivity index (χ1n) is 5.08. The van der Waals surface area contributed by atoms with Crippen molar-refractivity contribution in [3.05, 3.63) is 17.0 Å². The lowest BCUT2D eigenvalue weighted by molar-refractivity contribution is 0.0698. The third-order valence-corrected chi connectivity index (χ3v) is 3.78. The number of anilines is 1. The van der Waals surface area contributed by atoms with Gasteiger partial charge in [0, 0.05) is 28.9 Å². The number of aromatic carboxylic acids is 1. The largest absolute Gasteiger partial charge is 0.478 e. The number of carboxylic acids is 1. The van der Waals surface area contributed by atoms with Crippen LogP contribution in [0.5, 0.6) is 0 Å². The number of nitrogens with one attached hydrogen (secondary N) is 2. The minimum atomic E-state index is -1.09. The summed E-state index contributed by atoms with van der Waals surface area (Å²) in [5.41, 5.74) is 0.0573. The van der Waals surface area contributed by atoms with Crippen LogP contribution in [0.4, 0.5) is 9.80 Å². The van der Waals surface area contributed by atoms with Gasteiger partial charge in [-0.25, -0.2) is 9.59 Å². The first kappa shape index (κ1) is 14.7. The fraction of sp³-hybridized carbons (Fsp3) is 0.400. The van der Waals surface area contributed by atoms with Crippen molar-refractivity contribution in [2.75, 3.05) is 17.3 Å². The lowest BCUT2D eigenvalue weighted by atomic mass is 10.3. The molecule has 1 rings (SSSR count). The first-order valence-corrected chi connectivity index (χ1v) is 7.69. The molecular weight excluding hydrogens is 276 g/mol. The van der Waals surface area contributed by atoms with Crippen LogP contribution < -0.4 is 10.6 Å². The normalized spacial score (nSPS) is 13.7. The second-order valence-corrected chi connectivity index (χ2v) is 6.10. The number of carbonyl (C=O) groups is 2. The van der Waals surface area contributed by atoms with Crippen molar-refractivity contribution in [3.63, 3.8) is 0 Å². The third kappa shape index (κ3) is 4.46. The number of hydrogen-bond donors (Lipinski definition) is 3. The Morgan fingerprint density at radius 3 is 2.78 bits per heavy atom. The van der Waals surface area contributed by atoms with E-state index in [9.17, 15) is 13.8 Å². The fourth-order valence-electron chi connectivity index (χ4n) is 1.33. The zero-order chi connectivity index (χ0) is 13.7. The van der Waals surface area contributed by atoms with Crippen LogP contribution in [0.15, 0.2) is 11.4 Å². The highest BCUT2D eigenvalue weighted by atomic mass is 32.2. The first-order chi connectivity index (χ1) is 8.40. The highest BCUT2D eigenvalue weighted by molar-refractivity contribution is 7.84. The molecule has 2 atom stereocenters. The molecule has 1 aromatic heterocycles. The average molecular weight is 290 g/mol. The molecule has 1 aromatic rings.